The van der Waals surface area contributed by atoms with Gasteiger partial charge in [0.25, 0.3) is 0 Å². The van der Waals surface area contributed by atoms with E-state index in [9.17, 15) is 0 Å². The van der Waals surface area contributed by atoms with Crippen LogP contribution in [0.2, 0.25) is 0 Å². The predicted octanol–water partition coefficient (Wildman–Crippen LogP) is -1.59. The van der Waals surface area contributed by atoms with Crippen LogP contribution in [0.3, 0.4) is 0 Å². The molecule has 4 nitrogen and oxygen atoms in total. The zero-order valence-corrected chi connectivity index (χ0v) is 5.94. The third kappa shape index (κ3) is 1.20. The van der Waals surface area contributed by atoms with E-state index in [1.54, 1.807) is 24.7 Å². The molecule has 1 aromatic rings. The second kappa shape index (κ2) is 2.44. The summed E-state index contributed by atoms with van der Waals surface area (Å²) in [5.74, 6) is 0.767. The molecule has 0 aromatic carbocycles. The Morgan fingerprint density at radius 2 is 2.20 bits per heavy atom. The Labute approximate surface area is 59.3 Å². The van der Waals surface area contributed by atoms with Crippen LogP contribution in [0.25, 0.3) is 0 Å². The van der Waals surface area contributed by atoms with Gasteiger partial charge in [0.05, 0.1) is 5.59 Å². The summed E-state index contributed by atoms with van der Waals surface area (Å²) in [5, 5.41) is 17.3. The average Bonchev–Trinajstić information content (AvgIpc) is 2.13. The Hall–Kier alpha value is -0.805. The first-order valence-corrected chi connectivity index (χ1v) is 2.97. The van der Waals surface area contributed by atoms with Gasteiger partial charge < -0.3 is 14.6 Å². The highest BCUT2D eigenvalue weighted by atomic mass is 16.4. The van der Waals surface area contributed by atoms with Gasteiger partial charge in [0.15, 0.2) is 0 Å². The normalized spacial score (nSPS) is 10.0. The molecule has 0 saturated carbocycles. The molecule has 1 rings (SSSR count). The molecule has 0 saturated heterocycles. The van der Waals surface area contributed by atoms with Crippen molar-refractivity contribution in [1.29, 1.82) is 0 Å². The lowest BCUT2D eigenvalue weighted by Gasteiger charge is -1.88. The molecule has 0 fully saturated rings. The van der Waals surface area contributed by atoms with Crippen molar-refractivity contribution in [2.45, 2.75) is 6.92 Å². The molecule has 54 valence electrons. The van der Waals surface area contributed by atoms with E-state index >= 15 is 0 Å². The van der Waals surface area contributed by atoms with Crippen LogP contribution >= 0.6 is 0 Å². The van der Waals surface area contributed by atoms with E-state index in [1.165, 1.54) is 0 Å². The fourth-order valence-corrected chi connectivity index (χ4v) is 0.711. The highest BCUT2D eigenvalue weighted by molar-refractivity contribution is 6.57. The van der Waals surface area contributed by atoms with Crippen LogP contribution in [-0.2, 0) is 7.05 Å². The van der Waals surface area contributed by atoms with Gasteiger partial charge in [0.2, 0.25) is 0 Å². The molecule has 0 bridgehead atoms. The van der Waals surface area contributed by atoms with Gasteiger partial charge in [-0.3, -0.25) is 0 Å². The number of hydrogen-bond donors (Lipinski definition) is 2. The zero-order chi connectivity index (χ0) is 7.72. The summed E-state index contributed by atoms with van der Waals surface area (Å²) < 4.78 is 1.73. The maximum Gasteiger partial charge on any atom is 0.509 e. The fourth-order valence-electron chi connectivity index (χ4n) is 0.711. The molecule has 10 heavy (non-hydrogen) atoms. The summed E-state index contributed by atoms with van der Waals surface area (Å²) in [5.41, 5.74) is 0.292. The van der Waals surface area contributed by atoms with Crippen LogP contribution in [0.4, 0.5) is 0 Å². The molecule has 0 spiro atoms. The number of rotatable bonds is 1. The molecule has 0 aliphatic rings. The van der Waals surface area contributed by atoms with E-state index in [4.69, 9.17) is 10.0 Å². The molecule has 0 unspecified atom stereocenters. The fraction of sp³-hybridized carbons (Fsp3) is 0.400. The minimum Gasteiger partial charge on any atom is -0.422 e. The standard InChI is InChI=1S/C5H9BN2O2/c1-4-7-5(6(9)10)3-8(4)2/h3,9-10H,1-2H3. The Kier molecular flexibility index (Phi) is 1.78. The molecule has 0 radical (unpaired) electrons. The number of aryl methyl sites for hydroxylation is 2. The highest BCUT2D eigenvalue weighted by Gasteiger charge is 2.14. The van der Waals surface area contributed by atoms with Crippen molar-refractivity contribution in [3.63, 3.8) is 0 Å². The monoisotopic (exact) mass is 140 g/mol. The van der Waals surface area contributed by atoms with E-state index in [2.05, 4.69) is 4.98 Å². The minimum atomic E-state index is -1.46. The van der Waals surface area contributed by atoms with Crippen molar-refractivity contribution in [2.24, 2.45) is 7.05 Å². The van der Waals surface area contributed by atoms with E-state index in [1.807, 2.05) is 0 Å². The van der Waals surface area contributed by atoms with Crippen LogP contribution < -0.4 is 5.59 Å². The molecule has 2 N–H and O–H groups in total. The van der Waals surface area contributed by atoms with E-state index < -0.39 is 7.12 Å². The minimum absolute atomic E-state index is 0.292. The second-order valence-corrected chi connectivity index (χ2v) is 2.20. The largest absolute Gasteiger partial charge is 0.509 e. The molecular formula is C5H9BN2O2. The number of nitrogens with zero attached hydrogens (tertiary/aromatic N) is 2. The molecule has 0 aliphatic heterocycles. The number of aromatic nitrogens is 2. The Morgan fingerprint density at radius 3 is 2.40 bits per heavy atom. The van der Waals surface area contributed by atoms with Crippen LogP contribution in [-0.4, -0.2) is 26.7 Å². The van der Waals surface area contributed by atoms with Crippen molar-refractivity contribution < 1.29 is 10.0 Å². The Balaban J connectivity index is 2.98. The predicted molar refractivity (Wildman–Crippen MR) is 37.8 cm³/mol. The number of imidazole rings is 1. The zero-order valence-electron chi connectivity index (χ0n) is 5.94. The molecule has 0 atom stereocenters. The first kappa shape index (κ1) is 7.30. The van der Waals surface area contributed by atoms with Gasteiger partial charge in [-0.1, -0.05) is 0 Å². The smallest absolute Gasteiger partial charge is 0.422 e. The number of hydrogen-bond acceptors (Lipinski definition) is 3. The van der Waals surface area contributed by atoms with Gasteiger partial charge in [-0.2, -0.15) is 0 Å². The summed E-state index contributed by atoms with van der Waals surface area (Å²) in [6.45, 7) is 1.80. The van der Waals surface area contributed by atoms with E-state index in [0.29, 0.717) is 5.59 Å². The van der Waals surface area contributed by atoms with Crippen molar-refractivity contribution in [3.05, 3.63) is 12.0 Å². The molecule has 0 aliphatic carbocycles. The molecular weight excluding hydrogens is 131 g/mol. The summed E-state index contributed by atoms with van der Waals surface area (Å²) in [6.07, 6.45) is 1.58. The van der Waals surface area contributed by atoms with Crippen molar-refractivity contribution >= 4 is 12.7 Å². The lowest BCUT2D eigenvalue weighted by molar-refractivity contribution is 0.424. The van der Waals surface area contributed by atoms with Crippen LogP contribution in [0.1, 0.15) is 5.82 Å². The molecule has 1 aromatic heterocycles. The third-order valence-electron chi connectivity index (χ3n) is 1.39. The molecule has 1 heterocycles. The first-order chi connectivity index (χ1) is 4.61. The summed E-state index contributed by atoms with van der Waals surface area (Å²) >= 11 is 0. The Bertz CT molecular complexity index is 214. The topological polar surface area (TPSA) is 58.3 Å². The lowest BCUT2D eigenvalue weighted by atomic mass is 9.87. The molecule has 0 amide bonds. The summed E-state index contributed by atoms with van der Waals surface area (Å²) in [7, 11) is 0.341. The summed E-state index contributed by atoms with van der Waals surface area (Å²) in [4.78, 5) is 3.87. The van der Waals surface area contributed by atoms with Gasteiger partial charge >= 0.3 is 7.12 Å². The Morgan fingerprint density at radius 1 is 1.60 bits per heavy atom. The van der Waals surface area contributed by atoms with Gasteiger partial charge in [0.1, 0.15) is 5.82 Å². The highest BCUT2D eigenvalue weighted by Crippen LogP contribution is 1.87. The van der Waals surface area contributed by atoms with Crippen molar-refractivity contribution in [2.75, 3.05) is 0 Å². The van der Waals surface area contributed by atoms with Crippen molar-refractivity contribution in [3.8, 4) is 0 Å². The van der Waals surface area contributed by atoms with E-state index in [-0.39, 0.29) is 0 Å². The molecule has 5 heteroatoms. The third-order valence-corrected chi connectivity index (χ3v) is 1.39. The van der Waals surface area contributed by atoms with Crippen LogP contribution in [0.5, 0.6) is 0 Å². The van der Waals surface area contributed by atoms with Gasteiger partial charge in [-0.05, 0) is 6.92 Å². The quantitative estimate of drug-likeness (QED) is 0.462. The SMILES string of the molecule is Cc1nc(B(O)O)cn1C. The maximum absolute atomic E-state index is 8.64. The first-order valence-electron chi connectivity index (χ1n) is 2.97. The van der Waals surface area contributed by atoms with E-state index in [0.717, 1.165) is 5.82 Å². The van der Waals surface area contributed by atoms with Gasteiger partial charge in [-0.15, -0.1) is 0 Å². The second-order valence-electron chi connectivity index (χ2n) is 2.20. The maximum atomic E-state index is 8.64. The lowest BCUT2D eigenvalue weighted by Crippen LogP contribution is -2.30. The van der Waals surface area contributed by atoms with Crippen LogP contribution in [0, 0.1) is 6.92 Å². The summed E-state index contributed by atoms with van der Waals surface area (Å²) in [6, 6.07) is 0. The van der Waals surface area contributed by atoms with Gasteiger partial charge in [-0.25, -0.2) is 4.98 Å². The van der Waals surface area contributed by atoms with Crippen LogP contribution in [0.15, 0.2) is 6.20 Å². The average molecular weight is 140 g/mol. The van der Waals surface area contributed by atoms with Gasteiger partial charge in [0, 0.05) is 13.2 Å². The van der Waals surface area contributed by atoms with Crippen molar-refractivity contribution in [1.82, 2.24) is 9.55 Å².